The van der Waals surface area contributed by atoms with E-state index in [0.29, 0.717) is 0 Å². The highest BCUT2D eigenvalue weighted by atomic mass is 16.3. The number of likely N-dealkylation sites (tertiary alicyclic amines) is 2. The SMILES string of the molecule is CC[C@](C)(NC(=O)[C@H](CCC(N)=O)NC(=O)[C@@H]1C[C@@H](O)CN1C(=O)C(C)(C)NC(=O)C(C)(C)NC(=O)[C@H](CC(C)C)NC(=O)CNC(=O)[C@@H](NC(=O)C(C)(C)NC(=O)C(C)(C)NC(=O)[C@@H](NC(C)=O)C(C)C)C(C)C)C(=O)N1C[C@H](O)C[C@H]1C(=O)NC(C)(C)C(=O)N[C@H](CO)Cc1ccccc1. The predicted molar refractivity (Wildman–Crippen MR) is 373 cm³/mol. The first-order chi connectivity index (χ1) is 46.8. The van der Waals surface area contributed by atoms with E-state index in [1.807, 2.05) is 30.3 Å². The van der Waals surface area contributed by atoms with Gasteiger partial charge in [-0.1, -0.05) is 78.8 Å². The lowest BCUT2D eigenvalue weighted by molar-refractivity contribution is -0.147. The van der Waals surface area contributed by atoms with E-state index in [-0.39, 0.29) is 50.5 Å². The van der Waals surface area contributed by atoms with Gasteiger partial charge in [0.2, 0.25) is 88.6 Å². The molecule has 0 radical (unpaired) electrons. The second-order valence-corrected chi connectivity index (χ2v) is 30.6. The molecule has 15 amide bonds. The Balaban J connectivity index is 1.72. The molecule has 0 saturated carbocycles. The van der Waals surface area contributed by atoms with E-state index >= 15 is 0 Å². The van der Waals surface area contributed by atoms with Crippen LogP contribution in [0.3, 0.4) is 0 Å². The van der Waals surface area contributed by atoms with Crippen molar-refractivity contribution in [3.63, 3.8) is 0 Å². The molecule has 0 aliphatic carbocycles. The van der Waals surface area contributed by atoms with E-state index in [2.05, 4.69) is 63.8 Å². The Morgan fingerprint density at radius 2 is 0.990 bits per heavy atom. The fraction of sp³-hybridized carbons (Fsp3) is 0.696. The number of nitrogens with one attached hydrogen (secondary N) is 12. The van der Waals surface area contributed by atoms with Gasteiger partial charge in [-0.15, -0.1) is 0 Å². The Hall–Kier alpha value is -8.85. The van der Waals surface area contributed by atoms with Gasteiger partial charge in [0.1, 0.15) is 69.5 Å². The van der Waals surface area contributed by atoms with Crippen LogP contribution in [-0.2, 0) is 78.3 Å². The number of aliphatic hydroxyl groups is 3. The number of nitrogens with zero attached hydrogens (tertiary/aromatic N) is 2. The van der Waals surface area contributed by atoms with Gasteiger partial charge in [-0.25, -0.2) is 0 Å². The third kappa shape index (κ3) is 25.0. The van der Waals surface area contributed by atoms with Crippen LogP contribution in [0.2, 0.25) is 0 Å². The van der Waals surface area contributed by atoms with Crippen LogP contribution in [0.4, 0.5) is 0 Å². The molecule has 1 aromatic carbocycles. The van der Waals surface area contributed by atoms with Crippen molar-refractivity contribution in [2.24, 2.45) is 23.5 Å². The average Bonchev–Trinajstić information content (AvgIpc) is 1.57. The lowest BCUT2D eigenvalue weighted by Gasteiger charge is -2.37. The number of amides is 15. The van der Waals surface area contributed by atoms with Gasteiger partial charge in [-0.3, -0.25) is 71.9 Å². The van der Waals surface area contributed by atoms with E-state index in [0.717, 1.165) is 15.4 Å². The van der Waals surface area contributed by atoms with E-state index in [1.54, 1.807) is 48.5 Å². The molecular formula is C69H113N15O18. The van der Waals surface area contributed by atoms with E-state index in [9.17, 15) is 87.2 Å². The maximum Gasteiger partial charge on any atom is 0.248 e. The summed E-state index contributed by atoms with van der Waals surface area (Å²) in [7, 11) is 0. The lowest BCUT2D eigenvalue weighted by Crippen LogP contribution is -2.66. The molecule has 2 fully saturated rings. The lowest BCUT2D eigenvalue weighted by atomic mass is 9.94. The van der Waals surface area contributed by atoms with Gasteiger partial charge in [0.15, 0.2) is 0 Å². The van der Waals surface area contributed by atoms with Crippen molar-refractivity contribution >= 4 is 88.6 Å². The summed E-state index contributed by atoms with van der Waals surface area (Å²) >= 11 is 0. The molecule has 0 bridgehead atoms. The number of carbonyl (C=O) groups is 15. The quantitative estimate of drug-likeness (QED) is 0.0320. The first kappa shape index (κ1) is 87.4. The zero-order chi connectivity index (χ0) is 78.1. The zero-order valence-electron chi connectivity index (χ0n) is 62.5. The predicted octanol–water partition coefficient (Wildman–Crippen LogP) is -2.91. The van der Waals surface area contributed by atoms with Crippen LogP contribution in [0, 0.1) is 17.8 Å². The summed E-state index contributed by atoms with van der Waals surface area (Å²) < 4.78 is 0. The minimum atomic E-state index is -1.89. The number of β-amino-alcohol motifs (C(OH)–C–C–N with tert-alkyl or cyclic N) is 2. The molecule has 2 saturated heterocycles. The largest absolute Gasteiger partial charge is 0.394 e. The first-order valence-corrected chi connectivity index (χ1v) is 34.5. The van der Waals surface area contributed by atoms with E-state index < -0.39 is 215 Å². The number of nitrogens with two attached hydrogens (primary N) is 1. The number of carbonyl (C=O) groups excluding carboxylic acids is 15. The standard InChI is InChI=1S/C69H113N15O18/c1-20-69(19,63(102)84-34-43(88)31-47(84)55(94)78-64(9,10)58(97)73-41(35-85)29-40-24-22-21-23-25-40)80-52(91)44(26-27-48(70)89)75-54(93)46-30-42(87)33-83(46)62(101)68(17,18)82-61(100)66(13,14)77-53(92)45(28-36(2)3)74-49(90)32-71-56(95)50(37(4)5)76-59(98)65(11,12)81-60(99)67(15,16)79-57(96)51(38(6)7)72-39(8)86/h21-25,36-38,41-47,50-51,85,87-88H,20,26-35H2,1-19H3,(H2,70,89)(H,71,95)(H,72,86)(H,73,97)(H,74,90)(H,75,93)(H,76,98)(H,77,92)(H,78,94)(H,79,96)(H,80,91)(H,81,99)(H,82,100)/t41-,42+,43+,44-,45-,46-,47-,50-,51-,69-/m0/s1. The smallest absolute Gasteiger partial charge is 0.248 e. The summed E-state index contributed by atoms with van der Waals surface area (Å²) in [4.78, 5) is 207. The van der Waals surface area contributed by atoms with Crippen LogP contribution in [0.1, 0.15) is 176 Å². The van der Waals surface area contributed by atoms with Gasteiger partial charge in [-0.05, 0) is 125 Å². The second kappa shape index (κ2) is 36.3. The van der Waals surface area contributed by atoms with Crippen molar-refractivity contribution in [3.8, 4) is 0 Å². The van der Waals surface area contributed by atoms with Crippen LogP contribution >= 0.6 is 0 Å². The van der Waals surface area contributed by atoms with E-state index in [4.69, 9.17) is 5.73 Å². The van der Waals surface area contributed by atoms with Crippen molar-refractivity contribution in [2.75, 3.05) is 26.2 Å². The molecule has 0 unspecified atom stereocenters. The number of benzene rings is 1. The van der Waals surface area contributed by atoms with Crippen LogP contribution in [0.15, 0.2) is 30.3 Å². The molecule has 17 N–H and O–H groups in total. The summed E-state index contributed by atoms with van der Waals surface area (Å²) in [5.74, 6) is -13.2. The van der Waals surface area contributed by atoms with Crippen LogP contribution in [0.5, 0.6) is 0 Å². The van der Waals surface area contributed by atoms with Gasteiger partial charge in [0.05, 0.1) is 31.4 Å². The number of rotatable bonds is 36. The highest BCUT2D eigenvalue weighted by Gasteiger charge is 2.50. The summed E-state index contributed by atoms with van der Waals surface area (Å²) in [5, 5.41) is 63.0. The molecule has 1 aromatic rings. The normalized spacial score (nSPS) is 18.6. The van der Waals surface area contributed by atoms with Gasteiger partial charge in [0.25, 0.3) is 0 Å². The molecule has 2 aliphatic heterocycles. The molecule has 0 aromatic heterocycles. The fourth-order valence-electron chi connectivity index (χ4n) is 11.3. The third-order valence-electron chi connectivity index (χ3n) is 17.7. The second-order valence-electron chi connectivity index (χ2n) is 30.6. The Morgan fingerprint density at radius 1 is 0.529 bits per heavy atom. The van der Waals surface area contributed by atoms with Crippen LogP contribution < -0.4 is 69.5 Å². The highest BCUT2D eigenvalue weighted by Crippen LogP contribution is 2.27. The average molecular weight is 1440 g/mol. The maximum absolute atomic E-state index is 14.6. The molecule has 2 heterocycles. The summed E-state index contributed by atoms with van der Waals surface area (Å²) in [5.41, 5.74) is -4.06. The zero-order valence-corrected chi connectivity index (χ0v) is 62.5. The Labute approximate surface area is 597 Å². The number of aliphatic hydroxyl groups excluding tert-OH is 3. The minimum absolute atomic E-state index is 0.0338. The first-order valence-electron chi connectivity index (χ1n) is 34.5. The highest BCUT2D eigenvalue weighted by molar-refractivity contribution is 6.03. The molecule has 0 spiro atoms. The minimum Gasteiger partial charge on any atom is -0.394 e. The van der Waals surface area contributed by atoms with E-state index in [1.165, 1.54) is 83.1 Å². The van der Waals surface area contributed by atoms with Crippen molar-refractivity contribution < 1.29 is 87.2 Å². The van der Waals surface area contributed by atoms with Gasteiger partial charge < -0.3 is 94.7 Å². The monoisotopic (exact) mass is 1440 g/mol. The van der Waals surface area contributed by atoms with Gasteiger partial charge >= 0.3 is 0 Å². The Bertz CT molecular complexity index is 3250. The summed E-state index contributed by atoms with van der Waals surface area (Å²) in [6, 6.07) is 0.425. The van der Waals surface area contributed by atoms with Crippen LogP contribution in [-0.4, -0.2) is 228 Å². The van der Waals surface area contributed by atoms with Crippen molar-refractivity contribution in [1.29, 1.82) is 0 Å². The van der Waals surface area contributed by atoms with Crippen molar-refractivity contribution in [3.05, 3.63) is 35.9 Å². The Morgan fingerprint density at radius 3 is 1.48 bits per heavy atom. The van der Waals surface area contributed by atoms with Gasteiger partial charge in [0, 0.05) is 39.3 Å². The van der Waals surface area contributed by atoms with Crippen LogP contribution in [0.25, 0.3) is 0 Å². The fourth-order valence-corrected chi connectivity index (χ4v) is 11.3. The number of hydrogen-bond donors (Lipinski definition) is 16. The molecule has 102 heavy (non-hydrogen) atoms. The molecule has 572 valence electrons. The van der Waals surface area contributed by atoms with Crippen molar-refractivity contribution in [1.82, 2.24) is 73.6 Å². The number of primary amides is 1. The van der Waals surface area contributed by atoms with Gasteiger partial charge in [-0.2, -0.15) is 0 Å². The molecule has 10 atom stereocenters. The molecule has 3 rings (SSSR count). The topological polar surface area (TPSA) is 494 Å². The molecule has 33 nitrogen and oxygen atoms in total. The molecular weight excluding hydrogens is 1330 g/mol. The number of hydrogen-bond acceptors (Lipinski definition) is 18. The Kier molecular flexibility index (Phi) is 31.1. The molecule has 33 heteroatoms. The maximum atomic E-state index is 14.6. The van der Waals surface area contributed by atoms with Crippen molar-refractivity contribution in [2.45, 2.75) is 264 Å². The summed E-state index contributed by atoms with van der Waals surface area (Å²) in [6.07, 6.45) is -3.78. The third-order valence-corrected chi connectivity index (χ3v) is 17.7. The summed E-state index contributed by atoms with van der Waals surface area (Å²) in [6.45, 7) is 26.1. The molecule has 2 aliphatic rings.